The van der Waals surface area contributed by atoms with Crippen LogP contribution in [0.25, 0.3) is 0 Å². The molecular weight excluding hydrogens is 226 g/mol. The van der Waals surface area contributed by atoms with Gasteiger partial charge in [-0.15, -0.1) is 0 Å². The minimum atomic E-state index is -0.708. The highest BCUT2D eigenvalue weighted by Crippen LogP contribution is 2.27. The molecule has 1 aromatic rings. The quantitative estimate of drug-likeness (QED) is 0.187. The molecule has 8 N–H and O–H groups in total. The molecule has 0 saturated carbocycles. The van der Waals surface area contributed by atoms with Crippen LogP contribution in [0.1, 0.15) is 20.7 Å². The predicted molar refractivity (Wildman–Crippen MR) is 60.7 cm³/mol. The molecule has 1 aromatic carbocycles. The van der Waals surface area contributed by atoms with Crippen molar-refractivity contribution in [1.29, 1.82) is 0 Å². The number of hydrogen-bond acceptors (Lipinski definition) is 6. The minimum absolute atomic E-state index is 0.0713. The second-order valence-electron chi connectivity index (χ2n) is 3.05. The summed E-state index contributed by atoms with van der Waals surface area (Å²) in [6.07, 6.45) is 0. The molecule has 0 radical (unpaired) electrons. The van der Waals surface area contributed by atoms with Crippen LogP contribution in [0.3, 0.4) is 0 Å². The molecule has 0 aliphatic carbocycles. The number of nitrogens with one attached hydrogen (secondary N) is 2. The van der Waals surface area contributed by atoms with E-state index in [0.29, 0.717) is 0 Å². The number of rotatable bonds is 3. The van der Waals surface area contributed by atoms with Gasteiger partial charge in [-0.1, -0.05) is 0 Å². The van der Waals surface area contributed by atoms with Crippen molar-refractivity contribution in [3.8, 4) is 5.75 Å². The van der Waals surface area contributed by atoms with E-state index in [2.05, 4.69) is 0 Å². The van der Waals surface area contributed by atoms with Crippen molar-refractivity contribution in [1.82, 2.24) is 10.9 Å². The first-order valence-electron chi connectivity index (χ1n) is 4.55. The highest BCUT2D eigenvalue weighted by atomic mass is 16.5. The number of carbonyl (C=O) groups is 2. The Bertz CT molecular complexity index is 460. The van der Waals surface area contributed by atoms with Crippen LogP contribution in [0.15, 0.2) is 12.1 Å². The van der Waals surface area contributed by atoms with Crippen LogP contribution in [0.5, 0.6) is 5.75 Å². The molecule has 0 aromatic heterocycles. The van der Waals surface area contributed by atoms with Crippen LogP contribution >= 0.6 is 0 Å². The second-order valence-corrected chi connectivity index (χ2v) is 3.05. The maximum atomic E-state index is 11.6. The molecule has 2 amide bonds. The van der Waals surface area contributed by atoms with E-state index in [1.165, 1.54) is 19.2 Å². The maximum absolute atomic E-state index is 11.6. The van der Waals surface area contributed by atoms with Crippen molar-refractivity contribution >= 4 is 17.5 Å². The molecule has 0 atom stereocenters. The van der Waals surface area contributed by atoms with Gasteiger partial charge in [-0.2, -0.15) is 0 Å². The fourth-order valence-corrected chi connectivity index (χ4v) is 1.38. The Morgan fingerprint density at radius 2 is 1.65 bits per heavy atom. The van der Waals surface area contributed by atoms with E-state index in [4.69, 9.17) is 22.2 Å². The van der Waals surface area contributed by atoms with Gasteiger partial charge < -0.3 is 10.5 Å². The summed E-state index contributed by atoms with van der Waals surface area (Å²) in [7, 11) is 1.35. The van der Waals surface area contributed by atoms with Gasteiger partial charge in [-0.05, 0) is 12.1 Å². The molecule has 0 bridgehead atoms. The molecule has 0 spiro atoms. The summed E-state index contributed by atoms with van der Waals surface area (Å²) < 4.78 is 4.97. The van der Waals surface area contributed by atoms with E-state index in [1.54, 1.807) is 0 Å². The van der Waals surface area contributed by atoms with Crippen LogP contribution in [0, 0.1) is 0 Å². The molecule has 92 valence electrons. The zero-order valence-corrected chi connectivity index (χ0v) is 9.11. The number of hydrogen-bond donors (Lipinski definition) is 5. The van der Waals surface area contributed by atoms with Gasteiger partial charge in [0.1, 0.15) is 5.75 Å². The summed E-state index contributed by atoms with van der Waals surface area (Å²) in [4.78, 5) is 23.1. The van der Waals surface area contributed by atoms with E-state index >= 15 is 0 Å². The second kappa shape index (κ2) is 5.14. The van der Waals surface area contributed by atoms with Crippen molar-refractivity contribution < 1.29 is 14.3 Å². The Balaban J connectivity index is 3.53. The summed E-state index contributed by atoms with van der Waals surface area (Å²) in [5.41, 5.74) is 9.36. The number of methoxy groups -OCH3 is 1. The highest BCUT2D eigenvalue weighted by Gasteiger charge is 2.23. The van der Waals surface area contributed by atoms with Gasteiger partial charge in [0.15, 0.2) is 0 Å². The lowest BCUT2D eigenvalue weighted by atomic mass is 10.0. The third-order valence-electron chi connectivity index (χ3n) is 2.14. The summed E-state index contributed by atoms with van der Waals surface area (Å²) in [5.74, 6) is 8.80. The number of hydrazine groups is 2. The topological polar surface area (TPSA) is 145 Å². The summed E-state index contributed by atoms with van der Waals surface area (Å²) in [5, 5.41) is 0. The zero-order valence-electron chi connectivity index (χ0n) is 9.11. The molecule has 0 unspecified atom stereocenters. The van der Waals surface area contributed by atoms with Gasteiger partial charge in [0.25, 0.3) is 11.8 Å². The van der Waals surface area contributed by atoms with Crippen LogP contribution in [-0.2, 0) is 0 Å². The number of benzene rings is 1. The lowest BCUT2D eigenvalue weighted by molar-refractivity contribution is 0.0917. The first-order chi connectivity index (χ1) is 8.06. The van der Waals surface area contributed by atoms with Gasteiger partial charge in [-0.25, -0.2) is 11.7 Å². The molecule has 1 rings (SSSR count). The predicted octanol–water partition coefficient (Wildman–Crippen LogP) is -1.52. The normalized spacial score (nSPS) is 9.59. The summed E-state index contributed by atoms with van der Waals surface area (Å²) in [6, 6.07) is 2.88. The average Bonchev–Trinajstić information content (AvgIpc) is 2.36. The molecule has 17 heavy (non-hydrogen) atoms. The first kappa shape index (κ1) is 12.7. The van der Waals surface area contributed by atoms with Gasteiger partial charge >= 0.3 is 0 Å². The number of nitrogen functional groups attached to an aromatic ring is 3. The largest absolute Gasteiger partial charge is 0.496 e. The fourth-order valence-electron chi connectivity index (χ4n) is 1.38. The molecular formula is C9H13N5O3. The highest BCUT2D eigenvalue weighted by molar-refractivity contribution is 6.11. The Hall–Kier alpha value is -2.32. The third-order valence-corrected chi connectivity index (χ3v) is 2.14. The van der Waals surface area contributed by atoms with Gasteiger partial charge in [-0.3, -0.25) is 20.4 Å². The Kier molecular flexibility index (Phi) is 3.86. The van der Waals surface area contributed by atoms with Crippen molar-refractivity contribution in [3.05, 3.63) is 23.3 Å². The summed E-state index contributed by atoms with van der Waals surface area (Å²) in [6.45, 7) is 0. The lowest BCUT2D eigenvalue weighted by Crippen LogP contribution is -2.36. The average molecular weight is 239 g/mol. The number of ether oxygens (including phenoxy) is 1. The first-order valence-corrected chi connectivity index (χ1v) is 4.55. The van der Waals surface area contributed by atoms with E-state index in [0.717, 1.165) is 0 Å². The SMILES string of the molecule is COc1ccc(N)c(C(=O)NN)c1C(=O)NN. The summed E-state index contributed by atoms with van der Waals surface area (Å²) >= 11 is 0. The Morgan fingerprint density at radius 3 is 2.12 bits per heavy atom. The van der Waals surface area contributed by atoms with Crippen molar-refractivity contribution in [2.45, 2.75) is 0 Å². The molecule has 0 aliphatic heterocycles. The molecule has 8 heteroatoms. The van der Waals surface area contributed by atoms with Crippen molar-refractivity contribution in [2.75, 3.05) is 12.8 Å². The Morgan fingerprint density at radius 1 is 1.12 bits per heavy atom. The van der Waals surface area contributed by atoms with Gasteiger partial charge in [0.2, 0.25) is 0 Å². The zero-order chi connectivity index (χ0) is 13.0. The molecule has 0 saturated heterocycles. The Labute approximate surface area is 97.0 Å². The van der Waals surface area contributed by atoms with Crippen LogP contribution in [0.4, 0.5) is 5.69 Å². The smallest absolute Gasteiger partial charge is 0.269 e. The molecule has 0 fully saturated rings. The molecule has 8 nitrogen and oxygen atoms in total. The van der Waals surface area contributed by atoms with E-state index in [-0.39, 0.29) is 22.6 Å². The van der Waals surface area contributed by atoms with E-state index in [1.807, 2.05) is 10.9 Å². The van der Waals surface area contributed by atoms with Crippen LogP contribution in [-0.4, -0.2) is 18.9 Å². The molecule has 0 aliphatic rings. The fraction of sp³-hybridized carbons (Fsp3) is 0.111. The minimum Gasteiger partial charge on any atom is -0.496 e. The van der Waals surface area contributed by atoms with E-state index in [9.17, 15) is 9.59 Å². The maximum Gasteiger partial charge on any atom is 0.269 e. The number of nitrogens with two attached hydrogens (primary N) is 3. The van der Waals surface area contributed by atoms with Crippen molar-refractivity contribution in [2.24, 2.45) is 11.7 Å². The van der Waals surface area contributed by atoms with Gasteiger partial charge in [0, 0.05) is 5.69 Å². The number of amides is 2. The third kappa shape index (κ3) is 2.27. The molecule has 0 heterocycles. The lowest BCUT2D eigenvalue weighted by Gasteiger charge is -2.13. The number of anilines is 1. The number of carbonyl (C=O) groups excluding carboxylic acids is 2. The van der Waals surface area contributed by atoms with Gasteiger partial charge in [0.05, 0.1) is 18.2 Å². The monoisotopic (exact) mass is 239 g/mol. The standard InChI is InChI=1S/C9H13N5O3/c1-17-5-3-2-4(10)6(8(15)13-11)7(5)9(16)14-12/h2-3H,10-12H2,1H3,(H,13,15)(H,14,16). The van der Waals surface area contributed by atoms with Crippen molar-refractivity contribution in [3.63, 3.8) is 0 Å². The van der Waals surface area contributed by atoms with Crippen LogP contribution in [0.2, 0.25) is 0 Å². The van der Waals surface area contributed by atoms with E-state index < -0.39 is 11.8 Å². The van der Waals surface area contributed by atoms with Crippen LogP contribution < -0.4 is 33.0 Å².